The van der Waals surface area contributed by atoms with E-state index in [-0.39, 0.29) is 11.3 Å². The minimum atomic E-state index is -0.529. The van der Waals surface area contributed by atoms with Crippen LogP contribution < -0.4 is 4.74 Å². The highest BCUT2D eigenvalue weighted by atomic mass is 16.5. The maximum Gasteiger partial charge on any atom is 0.201 e. The highest BCUT2D eigenvalue weighted by Gasteiger charge is 2.19. The number of hydrogen-bond acceptors (Lipinski definition) is 5. The van der Waals surface area contributed by atoms with Crippen LogP contribution in [-0.4, -0.2) is 23.1 Å². The van der Waals surface area contributed by atoms with Crippen molar-refractivity contribution in [2.45, 2.75) is 0 Å². The van der Waals surface area contributed by atoms with Crippen molar-refractivity contribution in [2.75, 3.05) is 7.11 Å². The van der Waals surface area contributed by atoms with E-state index in [4.69, 9.17) is 10.00 Å². The number of phenols is 2. The fourth-order valence-electron chi connectivity index (χ4n) is 1.76. The predicted octanol–water partition coefficient (Wildman–Crippen LogP) is 2.21. The number of carbonyl (C=O) groups is 1. The molecule has 100 valence electrons. The SMILES string of the molecule is COc1ccc(C(=O)c2ccc(C#N)cc2)c(O)c1O. The molecule has 0 aromatic heterocycles. The van der Waals surface area contributed by atoms with Gasteiger partial charge in [0.05, 0.1) is 24.3 Å². The van der Waals surface area contributed by atoms with Gasteiger partial charge < -0.3 is 14.9 Å². The van der Waals surface area contributed by atoms with Gasteiger partial charge in [-0.15, -0.1) is 0 Å². The number of carbonyl (C=O) groups excluding carboxylic acids is 1. The molecule has 0 saturated carbocycles. The normalized spacial score (nSPS) is 9.80. The number of nitrogens with zero attached hydrogens (tertiary/aromatic N) is 1. The Morgan fingerprint density at radius 2 is 1.75 bits per heavy atom. The third-order valence-corrected chi connectivity index (χ3v) is 2.85. The van der Waals surface area contributed by atoms with Crippen LogP contribution in [0.15, 0.2) is 36.4 Å². The number of methoxy groups -OCH3 is 1. The predicted molar refractivity (Wildman–Crippen MR) is 70.9 cm³/mol. The zero-order valence-corrected chi connectivity index (χ0v) is 10.6. The average Bonchev–Trinajstić information content (AvgIpc) is 2.49. The number of ketones is 1. The summed E-state index contributed by atoms with van der Waals surface area (Å²) in [5, 5.41) is 28.2. The quantitative estimate of drug-likeness (QED) is 0.658. The van der Waals surface area contributed by atoms with E-state index in [1.165, 1.54) is 43.5 Å². The zero-order valence-electron chi connectivity index (χ0n) is 10.6. The summed E-state index contributed by atoms with van der Waals surface area (Å²) in [6, 6.07) is 10.7. The van der Waals surface area contributed by atoms with Crippen molar-refractivity contribution in [1.82, 2.24) is 0 Å². The van der Waals surface area contributed by atoms with Gasteiger partial charge in [0.1, 0.15) is 0 Å². The molecule has 5 heteroatoms. The maximum absolute atomic E-state index is 12.2. The number of hydrogen-bond donors (Lipinski definition) is 2. The fourth-order valence-corrected chi connectivity index (χ4v) is 1.76. The molecule has 0 radical (unpaired) electrons. The molecular formula is C15H11NO4. The first-order valence-electron chi connectivity index (χ1n) is 5.72. The smallest absolute Gasteiger partial charge is 0.201 e. The molecule has 20 heavy (non-hydrogen) atoms. The van der Waals surface area contributed by atoms with Gasteiger partial charge in [-0.25, -0.2) is 0 Å². The molecule has 2 aromatic carbocycles. The first kappa shape index (κ1) is 13.4. The van der Waals surface area contributed by atoms with Gasteiger partial charge in [-0.05, 0) is 36.4 Å². The van der Waals surface area contributed by atoms with E-state index in [2.05, 4.69) is 0 Å². The van der Waals surface area contributed by atoms with Crippen LogP contribution in [0.5, 0.6) is 17.2 Å². The largest absolute Gasteiger partial charge is 0.504 e. The van der Waals surface area contributed by atoms with E-state index in [0.29, 0.717) is 11.1 Å². The van der Waals surface area contributed by atoms with E-state index in [0.717, 1.165) is 0 Å². The Kier molecular flexibility index (Phi) is 3.58. The lowest BCUT2D eigenvalue weighted by Crippen LogP contribution is -2.02. The second-order valence-electron chi connectivity index (χ2n) is 4.03. The molecule has 0 unspecified atom stereocenters. The molecule has 0 fully saturated rings. The van der Waals surface area contributed by atoms with Crippen LogP contribution in [0.4, 0.5) is 0 Å². The summed E-state index contributed by atoms with van der Waals surface area (Å²) < 4.78 is 4.84. The van der Waals surface area contributed by atoms with Gasteiger partial charge in [-0.1, -0.05) is 0 Å². The Hall–Kier alpha value is -3.00. The molecule has 0 aliphatic heterocycles. The first-order valence-corrected chi connectivity index (χ1v) is 5.72. The van der Waals surface area contributed by atoms with Gasteiger partial charge in [0.15, 0.2) is 17.3 Å². The van der Waals surface area contributed by atoms with E-state index in [1.54, 1.807) is 0 Å². The Labute approximate surface area is 115 Å². The van der Waals surface area contributed by atoms with Crippen molar-refractivity contribution in [3.8, 4) is 23.3 Å². The Bertz CT molecular complexity index is 699. The molecule has 0 heterocycles. The first-order chi connectivity index (χ1) is 9.58. The summed E-state index contributed by atoms with van der Waals surface area (Å²) in [5.74, 6) is -1.38. The molecule has 2 rings (SSSR count). The molecule has 2 aromatic rings. The van der Waals surface area contributed by atoms with Gasteiger partial charge in [-0.3, -0.25) is 4.79 Å². The number of rotatable bonds is 3. The number of aromatic hydroxyl groups is 2. The summed E-state index contributed by atoms with van der Waals surface area (Å²) in [5.41, 5.74) is 0.709. The number of nitriles is 1. The second kappa shape index (κ2) is 5.33. The van der Waals surface area contributed by atoms with Crippen molar-refractivity contribution >= 4 is 5.78 Å². The minimum absolute atomic E-state index is 0.0343. The van der Waals surface area contributed by atoms with Crippen LogP contribution >= 0.6 is 0 Å². The topological polar surface area (TPSA) is 90.6 Å². The summed E-state index contributed by atoms with van der Waals surface area (Å²) in [7, 11) is 1.34. The van der Waals surface area contributed by atoms with Gasteiger partial charge in [-0.2, -0.15) is 5.26 Å². The third kappa shape index (κ3) is 2.27. The van der Waals surface area contributed by atoms with Crippen LogP contribution in [0, 0.1) is 11.3 Å². The molecule has 0 aliphatic carbocycles. The molecular weight excluding hydrogens is 258 g/mol. The van der Waals surface area contributed by atoms with Gasteiger partial charge >= 0.3 is 0 Å². The lowest BCUT2D eigenvalue weighted by molar-refractivity contribution is 0.103. The molecule has 2 N–H and O–H groups in total. The van der Waals surface area contributed by atoms with E-state index in [1.807, 2.05) is 6.07 Å². The second-order valence-corrected chi connectivity index (χ2v) is 4.03. The summed E-state index contributed by atoms with van der Waals surface area (Å²) in [6.45, 7) is 0. The molecule has 0 saturated heterocycles. The molecule has 0 aliphatic rings. The number of phenolic OH excluding ortho intramolecular Hbond substituents is 2. The van der Waals surface area contributed by atoms with Crippen LogP contribution in [0.3, 0.4) is 0 Å². The van der Waals surface area contributed by atoms with Crippen molar-refractivity contribution in [2.24, 2.45) is 0 Å². The lowest BCUT2D eigenvalue weighted by Gasteiger charge is -2.09. The molecule has 0 atom stereocenters. The van der Waals surface area contributed by atoms with Crippen LogP contribution in [0.25, 0.3) is 0 Å². The summed E-state index contributed by atoms with van der Waals surface area (Å²) in [4.78, 5) is 12.2. The highest BCUT2D eigenvalue weighted by molar-refractivity contribution is 6.11. The third-order valence-electron chi connectivity index (χ3n) is 2.85. The van der Waals surface area contributed by atoms with Crippen LogP contribution in [-0.2, 0) is 0 Å². The van der Waals surface area contributed by atoms with Gasteiger partial charge in [0, 0.05) is 5.56 Å². The minimum Gasteiger partial charge on any atom is -0.504 e. The fraction of sp³-hybridized carbons (Fsp3) is 0.0667. The van der Waals surface area contributed by atoms with Crippen molar-refractivity contribution < 1.29 is 19.7 Å². The lowest BCUT2D eigenvalue weighted by atomic mass is 10.0. The average molecular weight is 269 g/mol. The van der Waals surface area contributed by atoms with Gasteiger partial charge in [0.25, 0.3) is 0 Å². The standard InChI is InChI=1S/C15H11NO4/c1-20-12-7-6-11(14(18)15(12)19)13(17)10-4-2-9(8-16)3-5-10/h2-7,18-19H,1H3. The monoisotopic (exact) mass is 269 g/mol. The van der Waals surface area contributed by atoms with Crippen molar-refractivity contribution in [3.63, 3.8) is 0 Å². The van der Waals surface area contributed by atoms with Crippen molar-refractivity contribution in [3.05, 3.63) is 53.1 Å². The van der Waals surface area contributed by atoms with E-state index < -0.39 is 17.3 Å². The van der Waals surface area contributed by atoms with E-state index in [9.17, 15) is 15.0 Å². The maximum atomic E-state index is 12.2. The Morgan fingerprint density at radius 1 is 1.10 bits per heavy atom. The van der Waals surface area contributed by atoms with Crippen LogP contribution in [0.2, 0.25) is 0 Å². The number of ether oxygens (including phenoxy) is 1. The molecule has 0 spiro atoms. The van der Waals surface area contributed by atoms with Crippen LogP contribution in [0.1, 0.15) is 21.5 Å². The Balaban J connectivity index is 2.43. The van der Waals surface area contributed by atoms with Gasteiger partial charge in [0.2, 0.25) is 5.75 Å². The summed E-state index contributed by atoms with van der Waals surface area (Å²) >= 11 is 0. The molecule has 0 amide bonds. The number of benzene rings is 2. The van der Waals surface area contributed by atoms with E-state index >= 15 is 0 Å². The summed E-state index contributed by atoms with van der Waals surface area (Å²) in [6.07, 6.45) is 0. The highest BCUT2D eigenvalue weighted by Crippen LogP contribution is 2.38. The zero-order chi connectivity index (χ0) is 14.7. The van der Waals surface area contributed by atoms with Crippen molar-refractivity contribution in [1.29, 1.82) is 5.26 Å². The molecule has 5 nitrogen and oxygen atoms in total. The Morgan fingerprint density at radius 3 is 2.30 bits per heavy atom. The molecule has 0 bridgehead atoms.